The summed E-state index contributed by atoms with van der Waals surface area (Å²) in [5.74, 6) is 0.350. The average molecular weight is 202 g/mol. The van der Waals surface area contributed by atoms with Gasteiger partial charge in [-0.05, 0) is 25.7 Å². The summed E-state index contributed by atoms with van der Waals surface area (Å²) in [4.78, 5) is 0. The van der Waals surface area contributed by atoms with Gasteiger partial charge in [-0.2, -0.15) is 0 Å². The number of aliphatic hydroxyl groups excluding tert-OH is 1. The van der Waals surface area contributed by atoms with E-state index in [0.717, 1.165) is 25.7 Å². The fourth-order valence-electron chi connectivity index (χ4n) is 1.84. The van der Waals surface area contributed by atoms with Crippen molar-refractivity contribution in [2.75, 3.05) is 6.61 Å². The molecule has 0 aromatic heterocycles. The van der Waals surface area contributed by atoms with E-state index in [2.05, 4.69) is 20.8 Å². The number of aliphatic hydroxyl groups is 1. The van der Waals surface area contributed by atoms with Gasteiger partial charge in [-0.25, -0.2) is 0 Å². The summed E-state index contributed by atoms with van der Waals surface area (Å²) in [6.45, 7) is 9.07. The Kier molecular flexibility index (Phi) is 8.20. The molecule has 0 fully saturated rings. The number of hydrogen-bond acceptors (Lipinski definition) is 2. The molecule has 0 aliphatic heterocycles. The van der Waals surface area contributed by atoms with Crippen LogP contribution < -0.4 is 0 Å². The van der Waals surface area contributed by atoms with E-state index in [0.29, 0.717) is 12.5 Å². The minimum absolute atomic E-state index is 0.0338. The van der Waals surface area contributed by atoms with Crippen LogP contribution in [0, 0.1) is 5.92 Å². The van der Waals surface area contributed by atoms with Crippen LogP contribution >= 0.6 is 0 Å². The molecule has 0 saturated carbocycles. The second kappa shape index (κ2) is 8.25. The van der Waals surface area contributed by atoms with Crippen molar-refractivity contribution in [3.05, 3.63) is 0 Å². The predicted molar refractivity (Wildman–Crippen MR) is 60.4 cm³/mol. The summed E-state index contributed by atoms with van der Waals surface area (Å²) in [6.07, 6.45) is 3.97. The molecule has 0 spiro atoms. The van der Waals surface area contributed by atoms with E-state index >= 15 is 0 Å². The van der Waals surface area contributed by atoms with Crippen molar-refractivity contribution >= 4 is 0 Å². The first kappa shape index (κ1) is 13.9. The number of hydrogen-bond donors (Lipinski definition) is 1. The lowest BCUT2D eigenvalue weighted by molar-refractivity contribution is -0.0603. The van der Waals surface area contributed by atoms with Crippen LogP contribution in [0.4, 0.5) is 0 Å². The highest BCUT2D eigenvalue weighted by atomic mass is 16.5. The van der Waals surface area contributed by atoms with Gasteiger partial charge in [0, 0.05) is 6.61 Å². The van der Waals surface area contributed by atoms with Crippen molar-refractivity contribution in [1.29, 1.82) is 0 Å². The van der Waals surface area contributed by atoms with Crippen LogP contribution in [-0.2, 0) is 4.74 Å². The molecule has 0 aromatic carbocycles. The molecule has 14 heavy (non-hydrogen) atoms. The van der Waals surface area contributed by atoms with E-state index in [9.17, 15) is 5.11 Å². The standard InChI is InChI=1S/C12H26O2/c1-5-8-10(4)12(13)11(9-6-2)14-7-3/h10-13H,5-9H2,1-4H3. The summed E-state index contributed by atoms with van der Waals surface area (Å²) in [6, 6.07) is 0. The van der Waals surface area contributed by atoms with Gasteiger partial charge in [0.25, 0.3) is 0 Å². The molecule has 2 heteroatoms. The summed E-state index contributed by atoms with van der Waals surface area (Å²) in [5, 5.41) is 10.0. The van der Waals surface area contributed by atoms with Gasteiger partial charge >= 0.3 is 0 Å². The Morgan fingerprint density at radius 1 is 1.07 bits per heavy atom. The summed E-state index contributed by atoms with van der Waals surface area (Å²) in [5.41, 5.74) is 0. The SMILES string of the molecule is CCCC(C)C(O)C(CCC)OCC. The second-order valence-corrected chi connectivity index (χ2v) is 4.04. The maximum atomic E-state index is 10.0. The van der Waals surface area contributed by atoms with Gasteiger partial charge in [0.15, 0.2) is 0 Å². The third-order valence-corrected chi connectivity index (χ3v) is 2.66. The lowest BCUT2D eigenvalue weighted by Crippen LogP contribution is -2.34. The van der Waals surface area contributed by atoms with Gasteiger partial charge in [-0.15, -0.1) is 0 Å². The molecule has 3 atom stereocenters. The molecule has 0 amide bonds. The molecule has 0 aliphatic rings. The van der Waals surface area contributed by atoms with E-state index in [1.54, 1.807) is 0 Å². The first-order valence-electron chi connectivity index (χ1n) is 5.96. The molecule has 0 aliphatic carbocycles. The molecule has 0 rings (SSSR count). The van der Waals surface area contributed by atoms with Gasteiger partial charge in [0.1, 0.15) is 0 Å². The lowest BCUT2D eigenvalue weighted by atomic mass is 9.93. The van der Waals surface area contributed by atoms with Crippen LogP contribution in [0.2, 0.25) is 0 Å². The molecule has 0 heterocycles. The Labute approximate surface area is 88.7 Å². The highest BCUT2D eigenvalue weighted by Crippen LogP contribution is 2.18. The Bertz CT molecular complexity index is 119. The van der Waals surface area contributed by atoms with Crippen molar-refractivity contribution in [3.8, 4) is 0 Å². The quantitative estimate of drug-likeness (QED) is 0.655. The van der Waals surface area contributed by atoms with E-state index in [1.165, 1.54) is 0 Å². The largest absolute Gasteiger partial charge is 0.390 e. The molecule has 2 nitrogen and oxygen atoms in total. The molecule has 3 unspecified atom stereocenters. The molecule has 1 N–H and O–H groups in total. The molecular weight excluding hydrogens is 176 g/mol. The Morgan fingerprint density at radius 2 is 1.64 bits per heavy atom. The van der Waals surface area contributed by atoms with Crippen molar-refractivity contribution in [2.45, 2.75) is 65.6 Å². The van der Waals surface area contributed by atoms with Crippen molar-refractivity contribution in [2.24, 2.45) is 5.92 Å². The van der Waals surface area contributed by atoms with Crippen molar-refractivity contribution < 1.29 is 9.84 Å². The van der Waals surface area contributed by atoms with E-state index in [1.807, 2.05) is 6.92 Å². The second-order valence-electron chi connectivity index (χ2n) is 4.04. The fourth-order valence-corrected chi connectivity index (χ4v) is 1.84. The van der Waals surface area contributed by atoms with Crippen LogP contribution in [0.5, 0.6) is 0 Å². The Morgan fingerprint density at radius 3 is 2.07 bits per heavy atom. The van der Waals surface area contributed by atoms with Crippen molar-refractivity contribution in [3.63, 3.8) is 0 Å². The molecule has 86 valence electrons. The Balaban J connectivity index is 4.03. The van der Waals surface area contributed by atoms with E-state index in [-0.39, 0.29) is 12.2 Å². The predicted octanol–water partition coefficient (Wildman–Crippen LogP) is 2.99. The van der Waals surface area contributed by atoms with E-state index in [4.69, 9.17) is 4.74 Å². The normalized spacial score (nSPS) is 17.8. The topological polar surface area (TPSA) is 29.5 Å². The van der Waals surface area contributed by atoms with Gasteiger partial charge in [0.2, 0.25) is 0 Å². The maximum Gasteiger partial charge on any atom is 0.0836 e. The third kappa shape index (κ3) is 4.97. The van der Waals surface area contributed by atoms with Gasteiger partial charge in [-0.1, -0.05) is 33.6 Å². The Hall–Kier alpha value is -0.0800. The van der Waals surface area contributed by atoms with Crippen molar-refractivity contribution in [1.82, 2.24) is 0 Å². The molecular formula is C12H26O2. The molecule has 0 aromatic rings. The summed E-state index contributed by atoms with van der Waals surface area (Å²) >= 11 is 0. The fraction of sp³-hybridized carbons (Fsp3) is 1.00. The van der Waals surface area contributed by atoms with Crippen LogP contribution in [0.15, 0.2) is 0 Å². The minimum atomic E-state index is -0.296. The summed E-state index contributed by atoms with van der Waals surface area (Å²) in [7, 11) is 0. The lowest BCUT2D eigenvalue weighted by Gasteiger charge is -2.27. The monoisotopic (exact) mass is 202 g/mol. The highest BCUT2D eigenvalue weighted by molar-refractivity contribution is 4.74. The zero-order chi connectivity index (χ0) is 11.0. The third-order valence-electron chi connectivity index (χ3n) is 2.66. The van der Waals surface area contributed by atoms with Gasteiger partial charge < -0.3 is 9.84 Å². The smallest absolute Gasteiger partial charge is 0.0836 e. The first-order valence-corrected chi connectivity index (χ1v) is 5.96. The van der Waals surface area contributed by atoms with Crippen LogP contribution in [0.3, 0.4) is 0 Å². The maximum absolute atomic E-state index is 10.0. The molecule has 0 saturated heterocycles. The van der Waals surface area contributed by atoms with E-state index < -0.39 is 0 Å². The molecule has 0 bridgehead atoms. The summed E-state index contributed by atoms with van der Waals surface area (Å²) < 4.78 is 5.56. The number of ether oxygens (including phenoxy) is 1. The van der Waals surface area contributed by atoms with Gasteiger partial charge in [-0.3, -0.25) is 0 Å². The van der Waals surface area contributed by atoms with Crippen LogP contribution in [0.1, 0.15) is 53.4 Å². The first-order chi connectivity index (χ1) is 6.67. The zero-order valence-corrected chi connectivity index (χ0v) is 10.1. The zero-order valence-electron chi connectivity index (χ0n) is 10.1. The minimum Gasteiger partial charge on any atom is -0.390 e. The van der Waals surface area contributed by atoms with Crippen LogP contribution in [0.25, 0.3) is 0 Å². The van der Waals surface area contributed by atoms with Crippen LogP contribution in [-0.4, -0.2) is 23.9 Å². The average Bonchev–Trinajstić information content (AvgIpc) is 2.17. The molecule has 0 radical (unpaired) electrons. The van der Waals surface area contributed by atoms with Gasteiger partial charge in [0.05, 0.1) is 12.2 Å². The highest BCUT2D eigenvalue weighted by Gasteiger charge is 2.23. The number of rotatable bonds is 8.